The maximum atomic E-state index is 13.3. The van der Waals surface area contributed by atoms with Crippen LogP contribution in [0, 0.1) is 5.92 Å². The number of carbonyl (C=O) groups is 1. The number of piperidine rings is 1. The largest absolute Gasteiger partial charge is 0.366 e. The molecule has 1 atom stereocenters. The van der Waals surface area contributed by atoms with Crippen LogP contribution in [0.25, 0.3) is 11.2 Å². The Bertz CT molecular complexity index is 1490. The van der Waals surface area contributed by atoms with Gasteiger partial charge in [0, 0.05) is 49.7 Å². The smallest absolute Gasteiger partial charge is 0.229 e. The van der Waals surface area contributed by atoms with Crippen molar-refractivity contribution in [3.05, 3.63) is 107 Å². The molecule has 4 aromatic rings. The van der Waals surface area contributed by atoms with Gasteiger partial charge in [0.25, 0.3) is 0 Å². The minimum Gasteiger partial charge on any atom is -0.366 e. The van der Waals surface area contributed by atoms with Gasteiger partial charge in [-0.3, -0.25) is 9.78 Å². The third-order valence-electron chi connectivity index (χ3n) is 7.39. The Morgan fingerprint density at radius 3 is 2.66 bits per heavy atom. The molecule has 2 aliphatic rings. The Hall–Kier alpha value is -3.78. The normalized spacial score (nSPS) is 18.0. The minimum atomic E-state index is -0.0838. The van der Waals surface area contributed by atoms with E-state index >= 15 is 0 Å². The summed E-state index contributed by atoms with van der Waals surface area (Å²) in [6, 6.07) is 16.4. The third-order valence-corrected chi connectivity index (χ3v) is 7.95. The number of anilines is 1. The lowest BCUT2D eigenvalue weighted by atomic mass is 9.89. The monoisotopic (exact) mass is 568 g/mol. The van der Waals surface area contributed by atoms with E-state index in [4.69, 9.17) is 4.98 Å². The predicted octanol–water partition coefficient (Wildman–Crippen LogP) is 5.86. The van der Waals surface area contributed by atoms with Gasteiger partial charge in [-0.2, -0.15) is 9.61 Å². The van der Waals surface area contributed by atoms with Crippen LogP contribution in [0.4, 0.5) is 5.82 Å². The number of halogens is 1. The molecule has 38 heavy (non-hydrogen) atoms. The Morgan fingerprint density at radius 2 is 1.92 bits per heavy atom. The number of hydrogen-bond acceptors (Lipinski definition) is 5. The Kier molecular flexibility index (Phi) is 7.05. The molecule has 4 heterocycles. The summed E-state index contributed by atoms with van der Waals surface area (Å²) in [6.07, 6.45) is 14.3. The topological polar surface area (TPSA) is 75.4 Å². The third kappa shape index (κ3) is 5.13. The molecule has 8 heteroatoms. The van der Waals surface area contributed by atoms with Crippen molar-refractivity contribution in [1.82, 2.24) is 24.5 Å². The van der Waals surface area contributed by atoms with Crippen molar-refractivity contribution >= 4 is 38.9 Å². The van der Waals surface area contributed by atoms with Gasteiger partial charge in [0.1, 0.15) is 5.82 Å². The van der Waals surface area contributed by atoms with Gasteiger partial charge in [-0.1, -0.05) is 54.6 Å². The molecule has 1 aliphatic carbocycles. The van der Waals surface area contributed by atoms with Crippen LogP contribution in [0.15, 0.2) is 89.8 Å². The highest BCUT2D eigenvalue weighted by Gasteiger charge is 2.29. The second-order valence-corrected chi connectivity index (χ2v) is 10.7. The second-order valence-electron chi connectivity index (χ2n) is 9.84. The standard InChI is InChI=1S/C30H29BrN6O/c31-26-20-34-37-28(33-19-21-5-4-14-32-18-21)17-27(35-29(26)37)24-12-15-36(16-13-24)30(38)25-10-8-23(9-11-25)22-6-2-1-3-7-22/h1-10,14,17-18,20,24-25,33H,11-13,15-16,19H2. The number of amides is 1. The molecule has 3 aromatic heterocycles. The molecule has 1 aliphatic heterocycles. The lowest BCUT2D eigenvalue weighted by Crippen LogP contribution is -2.41. The summed E-state index contributed by atoms with van der Waals surface area (Å²) in [7, 11) is 0. The number of carbonyl (C=O) groups excluding carboxylic acids is 1. The van der Waals surface area contributed by atoms with Gasteiger partial charge in [0.2, 0.25) is 5.91 Å². The number of allylic oxidation sites excluding steroid dienone is 3. The van der Waals surface area contributed by atoms with Gasteiger partial charge in [-0.05, 0) is 58.0 Å². The molecule has 7 nitrogen and oxygen atoms in total. The maximum absolute atomic E-state index is 13.3. The van der Waals surface area contributed by atoms with Crippen molar-refractivity contribution in [3.63, 3.8) is 0 Å². The fourth-order valence-corrected chi connectivity index (χ4v) is 5.61. The van der Waals surface area contributed by atoms with Gasteiger partial charge in [-0.25, -0.2) is 4.98 Å². The molecule has 1 saturated heterocycles. The summed E-state index contributed by atoms with van der Waals surface area (Å²) in [5, 5.41) is 8.00. The first kappa shape index (κ1) is 24.6. The highest BCUT2D eigenvalue weighted by molar-refractivity contribution is 9.10. The van der Waals surface area contributed by atoms with E-state index in [0.29, 0.717) is 6.54 Å². The molecule has 0 bridgehead atoms. The summed E-state index contributed by atoms with van der Waals surface area (Å²) < 4.78 is 2.69. The van der Waals surface area contributed by atoms with Gasteiger partial charge in [0.05, 0.1) is 16.6 Å². The van der Waals surface area contributed by atoms with E-state index in [1.165, 1.54) is 11.1 Å². The molecular formula is C30H29BrN6O. The van der Waals surface area contributed by atoms with Crippen molar-refractivity contribution in [3.8, 4) is 0 Å². The van der Waals surface area contributed by atoms with Crippen molar-refractivity contribution in [1.29, 1.82) is 0 Å². The summed E-state index contributed by atoms with van der Waals surface area (Å²) in [5.74, 6) is 1.33. The Labute approximate surface area is 230 Å². The molecule has 0 radical (unpaired) electrons. The van der Waals surface area contributed by atoms with E-state index in [2.05, 4.69) is 67.8 Å². The minimum absolute atomic E-state index is 0.0838. The zero-order chi connectivity index (χ0) is 25.9. The second kappa shape index (κ2) is 10.9. The molecule has 1 fully saturated rings. The van der Waals surface area contributed by atoms with Crippen LogP contribution in [0.3, 0.4) is 0 Å². The van der Waals surface area contributed by atoms with E-state index in [9.17, 15) is 4.79 Å². The zero-order valence-electron chi connectivity index (χ0n) is 21.0. The fraction of sp³-hybridized carbons (Fsp3) is 0.267. The molecule has 1 aromatic carbocycles. The van der Waals surface area contributed by atoms with E-state index < -0.39 is 0 Å². The van der Waals surface area contributed by atoms with Crippen LogP contribution >= 0.6 is 15.9 Å². The number of rotatable bonds is 6. The first-order valence-electron chi connectivity index (χ1n) is 13.1. The number of hydrogen-bond donors (Lipinski definition) is 1. The van der Waals surface area contributed by atoms with Gasteiger partial charge in [-0.15, -0.1) is 0 Å². The van der Waals surface area contributed by atoms with Crippen molar-refractivity contribution in [2.24, 2.45) is 5.92 Å². The van der Waals surface area contributed by atoms with Crippen LogP contribution in [0.2, 0.25) is 0 Å². The lowest BCUT2D eigenvalue weighted by Gasteiger charge is -2.34. The van der Waals surface area contributed by atoms with Gasteiger partial charge < -0.3 is 10.2 Å². The first-order chi connectivity index (χ1) is 18.7. The van der Waals surface area contributed by atoms with Crippen molar-refractivity contribution < 1.29 is 4.79 Å². The number of pyridine rings is 1. The van der Waals surface area contributed by atoms with Gasteiger partial charge in [0.15, 0.2) is 5.65 Å². The Morgan fingerprint density at radius 1 is 1.08 bits per heavy atom. The van der Waals surface area contributed by atoms with Crippen LogP contribution in [0.5, 0.6) is 0 Å². The van der Waals surface area contributed by atoms with E-state index in [0.717, 1.165) is 59.5 Å². The maximum Gasteiger partial charge on any atom is 0.229 e. The molecule has 1 unspecified atom stereocenters. The van der Waals surface area contributed by atoms with E-state index in [1.807, 2.05) is 45.9 Å². The summed E-state index contributed by atoms with van der Waals surface area (Å²) in [5.41, 5.74) is 5.31. The summed E-state index contributed by atoms with van der Waals surface area (Å²) in [6.45, 7) is 2.13. The molecule has 6 rings (SSSR count). The number of nitrogens with zero attached hydrogens (tertiary/aromatic N) is 5. The molecule has 1 amide bonds. The molecule has 192 valence electrons. The van der Waals surface area contributed by atoms with Crippen molar-refractivity contribution in [2.75, 3.05) is 18.4 Å². The average Bonchev–Trinajstić information content (AvgIpc) is 3.37. The van der Waals surface area contributed by atoms with Crippen LogP contribution < -0.4 is 5.32 Å². The highest BCUT2D eigenvalue weighted by atomic mass is 79.9. The van der Waals surface area contributed by atoms with E-state index in [1.54, 1.807) is 12.4 Å². The van der Waals surface area contributed by atoms with E-state index in [-0.39, 0.29) is 17.7 Å². The predicted molar refractivity (Wildman–Crippen MR) is 152 cm³/mol. The van der Waals surface area contributed by atoms with Gasteiger partial charge >= 0.3 is 0 Å². The lowest BCUT2D eigenvalue weighted by molar-refractivity contribution is -0.135. The summed E-state index contributed by atoms with van der Waals surface area (Å²) in [4.78, 5) is 24.5. The zero-order valence-corrected chi connectivity index (χ0v) is 22.6. The number of fused-ring (bicyclic) bond motifs is 1. The molecule has 0 saturated carbocycles. The number of likely N-dealkylation sites (tertiary alicyclic amines) is 1. The van der Waals surface area contributed by atoms with Crippen LogP contribution in [0.1, 0.15) is 42.0 Å². The quantitative estimate of drug-likeness (QED) is 0.315. The molecule has 0 spiro atoms. The van der Waals surface area contributed by atoms with Crippen LogP contribution in [-0.4, -0.2) is 43.5 Å². The molecule has 1 N–H and O–H groups in total. The Balaban J connectivity index is 1.11. The first-order valence-corrected chi connectivity index (χ1v) is 13.8. The average molecular weight is 570 g/mol. The van der Waals surface area contributed by atoms with Crippen molar-refractivity contribution in [2.45, 2.75) is 31.7 Å². The fourth-order valence-electron chi connectivity index (χ4n) is 5.26. The number of benzene rings is 1. The number of aromatic nitrogens is 4. The SMILES string of the molecule is O=C(C1C=CC(c2ccccc2)=CC1)N1CCC(c2cc(NCc3cccnc3)n3ncc(Br)c3n2)CC1. The number of nitrogens with one attached hydrogen (secondary N) is 1. The highest BCUT2D eigenvalue weighted by Crippen LogP contribution is 2.32. The summed E-state index contributed by atoms with van der Waals surface area (Å²) >= 11 is 3.60. The molecular weight excluding hydrogens is 540 g/mol. The van der Waals surface area contributed by atoms with Crippen LogP contribution in [-0.2, 0) is 11.3 Å².